The molecule has 0 radical (unpaired) electrons. The Hall–Kier alpha value is -1.55. The number of nitrogens with zero attached hydrogens (tertiary/aromatic N) is 1. The summed E-state index contributed by atoms with van der Waals surface area (Å²) in [4.78, 5) is 13.3. The van der Waals surface area contributed by atoms with Gasteiger partial charge >= 0.3 is 0 Å². The molecule has 0 unspecified atom stereocenters. The third kappa shape index (κ3) is 4.04. The first-order valence-electron chi connectivity index (χ1n) is 6.30. The van der Waals surface area contributed by atoms with Crippen LogP contribution in [0.5, 0.6) is 0 Å². The number of hydrogen-bond acceptors (Lipinski definition) is 3. The zero-order chi connectivity index (χ0) is 13.5. The molecule has 0 aliphatic carbocycles. The van der Waals surface area contributed by atoms with E-state index in [1.54, 1.807) is 7.05 Å². The second-order valence-corrected chi connectivity index (χ2v) is 4.43. The number of aryl methyl sites for hydroxylation is 1. The molecule has 0 saturated carbocycles. The molecule has 2 N–H and O–H groups in total. The molecule has 0 saturated heterocycles. The molecule has 0 fully saturated rings. The molecule has 0 aliphatic rings. The minimum absolute atomic E-state index is 0.0219. The fraction of sp³-hybridized carbons (Fsp3) is 0.500. The number of nitrogens with one attached hydrogen (secondary N) is 2. The van der Waals surface area contributed by atoms with Crippen LogP contribution in [0.25, 0.3) is 0 Å². The molecule has 0 bridgehead atoms. The van der Waals surface area contributed by atoms with Crippen molar-refractivity contribution in [2.75, 3.05) is 32.1 Å². The maximum absolute atomic E-state index is 11.4. The fourth-order valence-corrected chi connectivity index (χ4v) is 1.90. The Bertz CT molecular complexity index is 404. The Kier molecular flexibility index (Phi) is 5.65. The summed E-state index contributed by atoms with van der Waals surface area (Å²) in [6.45, 7) is 6.40. The molecular formula is C14H23N3O. The van der Waals surface area contributed by atoms with Crippen LogP contribution < -0.4 is 15.5 Å². The van der Waals surface area contributed by atoms with Crippen molar-refractivity contribution in [2.45, 2.75) is 20.4 Å². The summed E-state index contributed by atoms with van der Waals surface area (Å²) in [5.41, 5.74) is 3.56. The lowest BCUT2D eigenvalue weighted by Gasteiger charge is -2.21. The van der Waals surface area contributed by atoms with Crippen molar-refractivity contribution >= 4 is 11.6 Å². The highest BCUT2D eigenvalue weighted by atomic mass is 16.1. The summed E-state index contributed by atoms with van der Waals surface area (Å²) in [5.74, 6) is 0.0219. The van der Waals surface area contributed by atoms with Crippen LogP contribution in [0.3, 0.4) is 0 Å². The average molecular weight is 249 g/mol. The van der Waals surface area contributed by atoms with Crippen LogP contribution in [0.4, 0.5) is 5.69 Å². The zero-order valence-corrected chi connectivity index (χ0v) is 11.7. The standard InChI is InChI=1S/C14H23N3O/c1-5-16-9-12-6-7-13(11(2)8-12)17(4)10-14(18)15-3/h6-8,16H,5,9-10H2,1-4H3,(H,15,18). The van der Waals surface area contributed by atoms with Gasteiger partial charge in [0, 0.05) is 26.3 Å². The monoisotopic (exact) mass is 249 g/mol. The summed E-state index contributed by atoms with van der Waals surface area (Å²) < 4.78 is 0. The minimum atomic E-state index is 0.0219. The maximum atomic E-state index is 11.4. The molecule has 18 heavy (non-hydrogen) atoms. The average Bonchev–Trinajstić information content (AvgIpc) is 2.36. The molecular weight excluding hydrogens is 226 g/mol. The summed E-state index contributed by atoms with van der Waals surface area (Å²) in [6, 6.07) is 6.34. The van der Waals surface area contributed by atoms with Gasteiger partial charge in [0.25, 0.3) is 0 Å². The van der Waals surface area contributed by atoms with E-state index in [-0.39, 0.29) is 5.91 Å². The van der Waals surface area contributed by atoms with E-state index >= 15 is 0 Å². The summed E-state index contributed by atoms with van der Waals surface area (Å²) in [5, 5.41) is 5.94. The number of likely N-dealkylation sites (N-methyl/N-ethyl adjacent to an activating group) is 2. The van der Waals surface area contributed by atoms with Gasteiger partial charge in [-0.15, -0.1) is 0 Å². The molecule has 1 rings (SSSR count). The van der Waals surface area contributed by atoms with Crippen molar-refractivity contribution in [3.8, 4) is 0 Å². The fourth-order valence-electron chi connectivity index (χ4n) is 1.90. The van der Waals surface area contributed by atoms with Crippen molar-refractivity contribution in [3.05, 3.63) is 29.3 Å². The van der Waals surface area contributed by atoms with E-state index in [2.05, 4.69) is 42.7 Å². The van der Waals surface area contributed by atoms with Crippen molar-refractivity contribution in [3.63, 3.8) is 0 Å². The van der Waals surface area contributed by atoms with E-state index in [0.717, 1.165) is 18.8 Å². The number of benzene rings is 1. The van der Waals surface area contributed by atoms with Crippen molar-refractivity contribution in [1.29, 1.82) is 0 Å². The van der Waals surface area contributed by atoms with Crippen LogP contribution in [0.1, 0.15) is 18.1 Å². The van der Waals surface area contributed by atoms with E-state index in [9.17, 15) is 4.79 Å². The number of amides is 1. The van der Waals surface area contributed by atoms with Gasteiger partial charge < -0.3 is 15.5 Å². The Balaban J connectivity index is 2.75. The van der Waals surface area contributed by atoms with E-state index in [1.165, 1.54) is 11.1 Å². The van der Waals surface area contributed by atoms with Gasteiger partial charge in [0.2, 0.25) is 5.91 Å². The van der Waals surface area contributed by atoms with Crippen molar-refractivity contribution < 1.29 is 4.79 Å². The van der Waals surface area contributed by atoms with Gasteiger partial charge in [0.05, 0.1) is 6.54 Å². The molecule has 1 aromatic rings. The highest BCUT2D eigenvalue weighted by molar-refractivity contribution is 5.81. The van der Waals surface area contributed by atoms with Gasteiger partial charge in [-0.25, -0.2) is 0 Å². The lowest BCUT2D eigenvalue weighted by Crippen LogP contribution is -2.33. The van der Waals surface area contributed by atoms with Gasteiger partial charge in [0.15, 0.2) is 0 Å². The van der Waals surface area contributed by atoms with Gasteiger partial charge in [-0.05, 0) is 30.7 Å². The molecule has 1 aromatic carbocycles. The van der Waals surface area contributed by atoms with E-state index in [1.807, 2.05) is 11.9 Å². The molecule has 4 heteroatoms. The SMILES string of the molecule is CCNCc1ccc(N(C)CC(=O)NC)c(C)c1. The van der Waals surface area contributed by atoms with Gasteiger partial charge in [-0.3, -0.25) is 4.79 Å². The Morgan fingerprint density at radius 3 is 2.67 bits per heavy atom. The highest BCUT2D eigenvalue weighted by Crippen LogP contribution is 2.19. The second kappa shape index (κ2) is 7.01. The molecule has 0 atom stereocenters. The van der Waals surface area contributed by atoms with Crippen molar-refractivity contribution in [2.24, 2.45) is 0 Å². The first-order chi connectivity index (χ1) is 8.58. The summed E-state index contributed by atoms with van der Waals surface area (Å²) in [7, 11) is 3.59. The van der Waals surface area contributed by atoms with Crippen LogP contribution in [0, 0.1) is 6.92 Å². The summed E-state index contributed by atoms with van der Waals surface area (Å²) >= 11 is 0. The smallest absolute Gasteiger partial charge is 0.239 e. The third-order valence-corrected chi connectivity index (χ3v) is 2.91. The predicted molar refractivity (Wildman–Crippen MR) is 75.9 cm³/mol. The van der Waals surface area contributed by atoms with E-state index in [4.69, 9.17) is 0 Å². The number of anilines is 1. The predicted octanol–water partition coefficient (Wildman–Crippen LogP) is 1.29. The first kappa shape index (κ1) is 14.5. The molecule has 4 nitrogen and oxygen atoms in total. The van der Waals surface area contributed by atoms with Crippen LogP contribution in [0.15, 0.2) is 18.2 Å². The molecule has 0 aliphatic heterocycles. The first-order valence-corrected chi connectivity index (χ1v) is 6.30. The van der Waals surface area contributed by atoms with E-state index < -0.39 is 0 Å². The molecule has 0 aromatic heterocycles. The van der Waals surface area contributed by atoms with Crippen molar-refractivity contribution in [1.82, 2.24) is 10.6 Å². The topological polar surface area (TPSA) is 44.4 Å². The highest BCUT2D eigenvalue weighted by Gasteiger charge is 2.08. The van der Waals surface area contributed by atoms with Gasteiger partial charge in [0.1, 0.15) is 0 Å². The maximum Gasteiger partial charge on any atom is 0.239 e. The second-order valence-electron chi connectivity index (χ2n) is 4.43. The molecule has 1 amide bonds. The number of carbonyl (C=O) groups is 1. The minimum Gasteiger partial charge on any atom is -0.365 e. The zero-order valence-electron chi connectivity index (χ0n) is 11.7. The lowest BCUT2D eigenvalue weighted by atomic mass is 10.1. The number of hydrogen-bond donors (Lipinski definition) is 2. The lowest BCUT2D eigenvalue weighted by molar-refractivity contribution is -0.119. The Labute approximate surface area is 109 Å². The van der Waals surface area contributed by atoms with Gasteiger partial charge in [-0.1, -0.05) is 19.1 Å². The number of carbonyl (C=O) groups excluding carboxylic acids is 1. The Morgan fingerprint density at radius 2 is 2.11 bits per heavy atom. The molecule has 100 valence electrons. The van der Waals surface area contributed by atoms with Crippen LogP contribution >= 0.6 is 0 Å². The largest absolute Gasteiger partial charge is 0.365 e. The quantitative estimate of drug-likeness (QED) is 0.798. The van der Waals surface area contributed by atoms with Crippen LogP contribution in [-0.4, -0.2) is 33.1 Å². The Morgan fingerprint density at radius 1 is 1.39 bits per heavy atom. The van der Waals surface area contributed by atoms with E-state index in [0.29, 0.717) is 6.54 Å². The summed E-state index contributed by atoms with van der Waals surface area (Å²) in [6.07, 6.45) is 0. The van der Waals surface area contributed by atoms with Crippen LogP contribution in [-0.2, 0) is 11.3 Å². The normalized spacial score (nSPS) is 10.2. The third-order valence-electron chi connectivity index (χ3n) is 2.91. The van der Waals surface area contributed by atoms with Gasteiger partial charge in [-0.2, -0.15) is 0 Å². The molecule has 0 spiro atoms. The number of rotatable bonds is 6. The molecule has 0 heterocycles. The van der Waals surface area contributed by atoms with Crippen LogP contribution in [0.2, 0.25) is 0 Å².